The van der Waals surface area contributed by atoms with E-state index in [4.69, 9.17) is 10.00 Å². The van der Waals surface area contributed by atoms with Crippen molar-refractivity contribution in [2.75, 3.05) is 18.5 Å². The maximum absolute atomic E-state index is 8.89. The smallest absolute Gasteiger partial charge is 0.143 e. The molecule has 1 aliphatic carbocycles. The van der Waals surface area contributed by atoms with Crippen molar-refractivity contribution in [1.82, 2.24) is 4.98 Å². The first kappa shape index (κ1) is 11.9. The lowest BCUT2D eigenvalue weighted by atomic mass is 10.3. The zero-order valence-electron chi connectivity index (χ0n) is 9.85. The van der Waals surface area contributed by atoms with Crippen LogP contribution < -0.4 is 5.32 Å². The van der Waals surface area contributed by atoms with Gasteiger partial charge in [-0.25, -0.2) is 4.98 Å². The number of anilines is 1. The van der Waals surface area contributed by atoms with E-state index in [1.165, 1.54) is 25.7 Å². The van der Waals surface area contributed by atoms with Crippen molar-refractivity contribution in [2.24, 2.45) is 0 Å². The summed E-state index contributed by atoms with van der Waals surface area (Å²) in [6.07, 6.45) is 7.07. The van der Waals surface area contributed by atoms with Crippen LogP contribution in [0.15, 0.2) is 18.3 Å². The fraction of sp³-hybridized carbons (Fsp3) is 0.538. The lowest BCUT2D eigenvalue weighted by Gasteiger charge is -2.12. The number of nitriles is 1. The topological polar surface area (TPSA) is 57.9 Å². The number of hydrogen-bond acceptors (Lipinski definition) is 4. The van der Waals surface area contributed by atoms with E-state index in [-0.39, 0.29) is 0 Å². The zero-order valence-corrected chi connectivity index (χ0v) is 9.85. The minimum atomic E-state index is 0.441. The predicted molar refractivity (Wildman–Crippen MR) is 65.6 cm³/mol. The van der Waals surface area contributed by atoms with Crippen molar-refractivity contribution < 1.29 is 4.74 Å². The molecule has 0 atom stereocenters. The van der Waals surface area contributed by atoms with Crippen LogP contribution in [0, 0.1) is 11.3 Å². The lowest BCUT2D eigenvalue weighted by Crippen LogP contribution is -2.16. The van der Waals surface area contributed by atoms with Crippen molar-refractivity contribution in [1.29, 1.82) is 5.26 Å². The molecule has 0 saturated heterocycles. The average molecular weight is 231 g/mol. The molecular weight excluding hydrogens is 214 g/mol. The molecule has 0 aromatic carbocycles. The summed E-state index contributed by atoms with van der Waals surface area (Å²) in [4.78, 5) is 4.13. The fourth-order valence-corrected chi connectivity index (χ4v) is 2.09. The Morgan fingerprint density at radius 3 is 3.06 bits per heavy atom. The van der Waals surface area contributed by atoms with Crippen molar-refractivity contribution in [2.45, 2.75) is 31.8 Å². The molecule has 0 aliphatic heterocycles. The van der Waals surface area contributed by atoms with Gasteiger partial charge >= 0.3 is 0 Å². The second-order valence-corrected chi connectivity index (χ2v) is 4.22. The SMILES string of the molecule is N#Cc1cccnc1NCCOC1CCCC1. The quantitative estimate of drug-likeness (QED) is 0.790. The van der Waals surface area contributed by atoms with Crippen LogP contribution in [0.1, 0.15) is 31.2 Å². The third-order valence-electron chi connectivity index (χ3n) is 2.98. The van der Waals surface area contributed by atoms with Crippen LogP contribution in [0.4, 0.5) is 5.82 Å². The first-order chi connectivity index (χ1) is 8.40. The molecule has 1 aliphatic rings. The molecular formula is C13H17N3O. The second kappa shape index (κ2) is 6.21. The highest BCUT2D eigenvalue weighted by Gasteiger charge is 2.14. The van der Waals surface area contributed by atoms with Crippen LogP contribution in [0.2, 0.25) is 0 Å². The van der Waals surface area contributed by atoms with Gasteiger partial charge < -0.3 is 10.1 Å². The van der Waals surface area contributed by atoms with Gasteiger partial charge in [0.1, 0.15) is 11.9 Å². The standard InChI is InChI=1S/C13H17N3O/c14-10-11-4-3-7-15-13(11)16-8-9-17-12-5-1-2-6-12/h3-4,7,12H,1-2,5-6,8-9H2,(H,15,16). The Labute approximate surface area is 102 Å². The van der Waals surface area contributed by atoms with Gasteiger partial charge in [0.05, 0.1) is 18.3 Å². The molecule has 1 fully saturated rings. The molecule has 1 aromatic rings. The number of hydrogen-bond donors (Lipinski definition) is 1. The number of nitrogens with zero attached hydrogens (tertiary/aromatic N) is 2. The maximum atomic E-state index is 8.89. The maximum Gasteiger partial charge on any atom is 0.143 e. The van der Waals surface area contributed by atoms with Crippen LogP contribution in [-0.2, 0) is 4.74 Å². The number of ether oxygens (including phenoxy) is 1. The van der Waals surface area contributed by atoms with E-state index in [9.17, 15) is 0 Å². The summed E-state index contributed by atoms with van der Waals surface area (Å²) in [5.41, 5.74) is 0.577. The average Bonchev–Trinajstić information content (AvgIpc) is 2.88. The van der Waals surface area contributed by atoms with Crippen LogP contribution in [0.25, 0.3) is 0 Å². The van der Waals surface area contributed by atoms with E-state index in [1.807, 2.05) is 0 Å². The fourth-order valence-electron chi connectivity index (χ4n) is 2.09. The summed E-state index contributed by atoms with van der Waals surface area (Å²) >= 11 is 0. The molecule has 0 unspecified atom stereocenters. The van der Waals surface area contributed by atoms with Crippen LogP contribution in [0.3, 0.4) is 0 Å². The Kier molecular flexibility index (Phi) is 4.34. The summed E-state index contributed by atoms with van der Waals surface area (Å²) < 4.78 is 5.72. The number of rotatable bonds is 5. The van der Waals surface area contributed by atoms with Gasteiger partial charge in [-0.3, -0.25) is 0 Å². The molecule has 0 bridgehead atoms. The zero-order chi connectivity index (χ0) is 11.9. The summed E-state index contributed by atoms with van der Waals surface area (Å²) in [5.74, 6) is 0.644. The molecule has 17 heavy (non-hydrogen) atoms. The molecule has 0 amide bonds. The predicted octanol–water partition coefficient (Wildman–Crippen LogP) is 2.32. The van der Waals surface area contributed by atoms with Gasteiger partial charge in [0, 0.05) is 12.7 Å². The van der Waals surface area contributed by atoms with E-state index in [1.54, 1.807) is 18.3 Å². The van der Waals surface area contributed by atoms with Gasteiger partial charge in [0.15, 0.2) is 0 Å². The molecule has 90 valence electrons. The largest absolute Gasteiger partial charge is 0.376 e. The molecule has 2 rings (SSSR count). The van der Waals surface area contributed by atoms with Gasteiger partial charge in [-0.1, -0.05) is 12.8 Å². The Morgan fingerprint density at radius 1 is 1.47 bits per heavy atom. The molecule has 1 saturated carbocycles. The molecule has 0 radical (unpaired) electrons. The Hall–Kier alpha value is -1.60. The normalized spacial score (nSPS) is 15.7. The van der Waals surface area contributed by atoms with Gasteiger partial charge in [0.2, 0.25) is 0 Å². The number of pyridine rings is 1. The highest BCUT2D eigenvalue weighted by Crippen LogP contribution is 2.20. The van der Waals surface area contributed by atoms with Gasteiger partial charge in [-0.2, -0.15) is 5.26 Å². The van der Waals surface area contributed by atoms with E-state index in [0.29, 0.717) is 30.6 Å². The molecule has 1 aromatic heterocycles. The van der Waals surface area contributed by atoms with Crippen LogP contribution in [-0.4, -0.2) is 24.2 Å². The highest BCUT2D eigenvalue weighted by atomic mass is 16.5. The van der Waals surface area contributed by atoms with Crippen LogP contribution >= 0.6 is 0 Å². The first-order valence-corrected chi connectivity index (χ1v) is 6.11. The van der Waals surface area contributed by atoms with E-state index in [0.717, 1.165) is 0 Å². The number of aromatic nitrogens is 1. The minimum absolute atomic E-state index is 0.441. The van der Waals surface area contributed by atoms with Crippen LogP contribution in [0.5, 0.6) is 0 Å². The molecule has 1 N–H and O–H groups in total. The van der Waals surface area contributed by atoms with Crippen molar-refractivity contribution in [3.05, 3.63) is 23.9 Å². The summed E-state index contributed by atoms with van der Waals surface area (Å²) in [6, 6.07) is 5.63. The first-order valence-electron chi connectivity index (χ1n) is 6.11. The van der Waals surface area contributed by atoms with Gasteiger partial charge in [-0.15, -0.1) is 0 Å². The van der Waals surface area contributed by atoms with Crippen molar-refractivity contribution >= 4 is 5.82 Å². The van der Waals surface area contributed by atoms with Crippen molar-refractivity contribution in [3.63, 3.8) is 0 Å². The highest BCUT2D eigenvalue weighted by molar-refractivity contribution is 5.50. The summed E-state index contributed by atoms with van der Waals surface area (Å²) in [6.45, 7) is 1.37. The van der Waals surface area contributed by atoms with Gasteiger partial charge in [0.25, 0.3) is 0 Å². The molecule has 4 nitrogen and oxygen atoms in total. The second-order valence-electron chi connectivity index (χ2n) is 4.22. The third kappa shape index (κ3) is 3.43. The summed E-state index contributed by atoms with van der Waals surface area (Å²) in [7, 11) is 0. The lowest BCUT2D eigenvalue weighted by molar-refractivity contribution is 0.0658. The third-order valence-corrected chi connectivity index (χ3v) is 2.98. The van der Waals surface area contributed by atoms with Crippen molar-refractivity contribution in [3.8, 4) is 6.07 Å². The molecule has 4 heteroatoms. The van der Waals surface area contributed by atoms with Gasteiger partial charge in [-0.05, 0) is 25.0 Å². The molecule has 0 spiro atoms. The minimum Gasteiger partial charge on any atom is -0.376 e. The monoisotopic (exact) mass is 231 g/mol. The van der Waals surface area contributed by atoms with E-state index in [2.05, 4.69) is 16.4 Å². The molecule has 1 heterocycles. The number of nitrogens with one attached hydrogen (secondary N) is 1. The van der Waals surface area contributed by atoms with E-state index < -0.39 is 0 Å². The Balaban J connectivity index is 1.72. The summed E-state index contributed by atoms with van der Waals surface area (Å²) in [5, 5.41) is 12.0. The Bertz CT molecular complexity index is 394. The van der Waals surface area contributed by atoms with E-state index >= 15 is 0 Å². The Morgan fingerprint density at radius 2 is 2.29 bits per heavy atom.